The lowest BCUT2D eigenvalue weighted by Gasteiger charge is -2.09. The summed E-state index contributed by atoms with van der Waals surface area (Å²) in [6, 6.07) is 16.7. The third-order valence-electron chi connectivity index (χ3n) is 5.40. The van der Waals surface area contributed by atoms with Crippen LogP contribution in [-0.4, -0.2) is 35.4 Å². The van der Waals surface area contributed by atoms with Crippen molar-refractivity contribution < 1.29 is 0 Å². The summed E-state index contributed by atoms with van der Waals surface area (Å²) < 4.78 is 2.04. The fourth-order valence-corrected chi connectivity index (χ4v) is 3.63. The number of rotatable bonds is 9. The van der Waals surface area contributed by atoms with Gasteiger partial charge in [0.05, 0.1) is 6.54 Å². The molecule has 4 aromatic rings. The summed E-state index contributed by atoms with van der Waals surface area (Å²) in [4.78, 5) is 4.80. The van der Waals surface area contributed by atoms with Crippen LogP contribution in [0.5, 0.6) is 0 Å². The Morgan fingerprint density at radius 2 is 1.81 bits per heavy atom. The number of aromatic amines is 1. The number of benzene rings is 2. The molecule has 0 radical (unpaired) electrons. The molecule has 2 aromatic carbocycles. The Morgan fingerprint density at radius 3 is 2.50 bits per heavy atom. The number of tetrazole rings is 1. The number of allylic oxidation sites excluding steroid dienone is 2. The average Bonchev–Trinajstić information content (AvgIpc) is 3.47. The highest BCUT2D eigenvalue weighted by Crippen LogP contribution is 2.29. The summed E-state index contributed by atoms with van der Waals surface area (Å²) in [6.45, 7) is 7.20. The zero-order chi connectivity index (χ0) is 22.3. The molecule has 0 aliphatic heterocycles. The predicted octanol–water partition coefficient (Wildman–Crippen LogP) is 4.88. The summed E-state index contributed by atoms with van der Waals surface area (Å²) in [5.74, 6) is 3.25. The lowest BCUT2D eigenvalue weighted by atomic mass is 9.98. The fourth-order valence-electron chi connectivity index (χ4n) is 3.63. The molecule has 0 spiro atoms. The van der Waals surface area contributed by atoms with Crippen LogP contribution in [-0.2, 0) is 19.4 Å². The van der Waals surface area contributed by atoms with Gasteiger partial charge in [0.25, 0.3) is 0 Å². The Labute approximate surface area is 188 Å². The van der Waals surface area contributed by atoms with Gasteiger partial charge >= 0.3 is 0 Å². The summed E-state index contributed by atoms with van der Waals surface area (Å²) in [6.07, 6.45) is 7.00. The van der Waals surface area contributed by atoms with Gasteiger partial charge in [-0.05, 0) is 46.4 Å². The van der Waals surface area contributed by atoms with Crippen LogP contribution in [0, 0.1) is 5.92 Å². The molecule has 2 aromatic heterocycles. The van der Waals surface area contributed by atoms with Gasteiger partial charge in [-0.1, -0.05) is 74.5 Å². The van der Waals surface area contributed by atoms with Crippen LogP contribution in [0.4, 0.5) is 0 Å². The highest BCUT2D eigenvalue weighted by atomic mass is 15.5. The van der Waals surface area contributed by atoms with Crippen LogP contribution in [0.1, 0.15) is 44.4 Å². The second-order valence-corrected chi connectivity index (χ2v) is 8.30. The quantitative estimate of drug-likeness (QED) is 0.385. The van der Waals surface area contributed by atoms with Gasteiger partial charge in [-0.15, -0.1) is 5.10 Å². The number of aromatic nitrogens is 7. The van der Waals surface area contributed by atoms with E-state index in [9.17, 15) is 0 Å². The molecular formula is C25H29N7. The first-order valence-electron chi connectivity index (χ1n) is 11.1. The number of H-pyrrole nitrogens is 1. The maximum Gasteiger partial charge on any atom is 0.180 e. The van der Waals surface area contributed by atoms with E-state index in [1.165, 1.54) is 5.56 Å². The minimum atomic E-state index is 0.643. The van der Waals surface area contributed by atoms with Crippen molar-refractivity contribution in [1.82, 2.24) is 35.4 Å². The second-order valence-electron chi connectivity index (χ2n) is 8.30. The van der Waals surface area contributed by atoms with E-state index in [0.717, 1.165) is 47.6 Å². The van der Waals surface area contributed by atoms with E-state index in [1.807, 2.05) is 29.8 Å². The monoisotopic (exact) mass is 427 g/mol. The number of hydrogen-bond donors (Lipinski definition) is 1. The van der Waals surface area contributed by atoms with Gasteiger partial charge < -0.3 is 0 Å². The molecule has 0 saturated carbocycles. The van der Waals surface area contributed by atoms with E-state index in [2.05, 4.69) is 77.0 Å². The summed E-state index contributed by atoms with van der Waals surface area (Å²) in [5.41, 5.74) is 4.37. The van der Waals surface area contributed by atoms with Crippen molar-refractivity contribution in [3.8, 4) is 22.5 Å². The molecule has 0 fully saturated rings. The highest BCUT2D eigenvalue weighted by Gasteiger charge is 2.12. The van der Waals surface area contributed by atoms with Gasteiger partial charge in [-0.3, -0.25) is 0 Å². The largest absolute Gasteiger partial charge is 0.245 e. The van der Waals surface area contributed by atoms with Gasteiger partial charge in [-0.2, -0.15) is 5.10 Å². The maximum absolute atomic E-state index is 4.80. The van der Waals surface area contributed by atoms with Gasteiger partial charge in [0, 0.05) is 18.4 Å². The Morgan fingerprint density at radius 1 is 1.03 bits per heavy atom. The minimum absolute atomic E-state index is 0.643. The van der Waals surface area contributed by atoms with Gasteiger partial charge in [-0.25, -0.2) is 14.8 Å². The van der Waals surface area contributed by atoms with Crippen LogP contribution in [0.3, 0.4) is 0 Å². The smallest absolute Gasteiger partial charge is 0.180 e. The van der Waals surface area contributed by atoms with Crippen molar-refractivity contribution in [3.05, 3.63) is 77.9 Å². The first-order valence-corrected chi connectivity index (χ1v) is 11.1. The molecule has 0 unspecified atom stereocenters. The van der Waals surface area contributed by atoms with Crippen molar-refractivity contribution in [1.29, 1.82) is 0 Å². The molecule has 32 heavy (non-hydrogen) atoms. The molecule has 4 rings (SSSR count). The molecule has 0 amide bonds. The molecule has 0 atom stereocenters. The minimum Gasteiger partial charge on any atom is -0.245 e. The molecule has 7 nitrogen and oxygen atoms in total. The Balaban J connectivity index is 1.56. The van der Waals surface area contributed by atoms with Crippen LogP contribution in [0.2, 0.25) is 0 Å². The van der Waals surface area contributed by atoms with Crippen LogP contribution >= 0.6 is 0 Å². The second kappa shape index (κ2) is 10.1. The summed E-state index contributed by atoms with van der Waals surface area (Å²) in [7, 11) is 0. The maximum atomic E-state index is 4.80. The zero-order valence-corrected chi connectivity index (χ0v) is 18.9. The Bertz CT molecular complexity index is 1160. The van der Waals surface area contributed by atoms with Gasteiger partial charge in [0.15, 0.2) is 11.6 Å². The van der Waals surface area contributed by atoms with Crippen molar-refractivity contribution in [2.45, 2.75) is 46.6 Å². The van der Waals surface area contributed by atoms with Crippen LogP contribution in [0.25, 0.3) is 22.5 Å². The molecule has 164 valence electrons. The van der Waals surface area contributed by atoms with Crippen molar-refractivity contribution in [3.63, 3.8) is 0 Å². The normalized spacial score (nSPS) is 11.6. The van der Waals surface area contributed by atoms with E-state index in [0.29, 0.717) is 18.3 Å². The summed E-state index contributed by atoms with van der Waals surface area (Å²) >= 11 is 0. The molecular weight excluding hydrogens is 398 g/mol. The molecule has 2 heterocycles. The van der Waals surface area contributed by atoms with Crippen molar-refractivity contribution in [2.24, 2.45) is 5.92 Å². The number of nitrogens with one attached hydrogen (secondary N) is 1. The SMILES string of the molecule is CC=CCc1nc(CCC(C)C)nn1Cc1ccc(-c2ccccc2-c2nnn[nH]2)cc1. The molecule has 0 aliphatic rings. The standard InChI is InChI=1S/C25H29N7/c1-4-5-10-24-26-23(16-11-18(2)3)29-32(24)17-19-12-14-20(15-13-19)21-8-6-7-9-22(21)25-27-30-31-28-25/h4-9,12-15,18H,10-11,16-17H2,1-3H3,(H,27,28,30,31). The number of nitrogens with zero attached hydrogens (tertiary/aromatic N) is 6. The van der Waals surface area contributed by atoms with E-state index in [1.54, 1.807) is 0 Å². The zero-order valence-electron chi connectivity index (χ0n) is 18.9. The predicted molar refractivity (Wildman–Crippen MR) is 126 cm³/mol. The number of aryl methyl sites for hydroxylation is 1. The van der Waals surface area contributed by atoms with Crippen LogP contribution < -0.4 is 0 Å². The average molecular weight is 428 g/mol. The third kappa shape index (κ3) is 5.17. The van der Waals surface area contributed by atoms with E-state index < -0.39 is 0 Å². The molecule has 7 heteroatoms. The van der Waals surface area contributed by atoms with Crippen molar-refractivity contribution >= 4 is 0 Å². The Kier molecular flexibility index (Phi) is 6.84. The van der Waals surface area contributed by atoms with Gasteiger partial charge in [0.1, 0.15) is 5.82 Å². The molecule has 0 bridgehead atoms. The first kappa shape index (κ1) is 21.6. The van der Waals surface area contributed by atoms with E-state index in [-0.39, 0.29) is 0 Å². The third-order valence-corrected chi connectivity index (χ3v) is 5.40. The molecule has 1 N–H and O–H groups in total. The molecule has 0 aliphatic carbocycles. The lowest BCUT2D eigenvalue weighted by molar-refractivity contribution is 0.568. The van der Waals surface area contributed by atoms with Crippen LogP contribution in [0.15, 0.2) is 60.7 Å². The lowest BCUT2D eigenvalue weighted by Crippen LogP contribution is -2.06. The Hall–Kier alpha value is -3.61. The fraction of sp³-hybridized carbons (Fsp3) is 0.320. The highest BCUT2D eigenvalue weighted by molar-refractivity contribution is 5.80. The van der Waals surface area contributed by atoms with Gasteiger partial charge in [0.2, 0.25) is 0 Å². The van der Waals surface area contributed by atoms with E-state index >= 15 is 0 Å². The summed E-state index contributed by atoms with van der Waals surface area (Å²) in [5, 5.41) is 19.1. The molecule has 0 saturated heterocycles. The first-order chi connectivity index (χ1) is 15.6. The number of hydrogen-bond acceptors (Lipinski definition) is 5. The topological polar surface area (TPSA) is 85.2 Å². The van der Waals surface area contributed by atoms with E-state index in [4.69, 9.17) is 10.1 Å². The van der Waals surface area contributed by atoms with Crippen molar-refractivity contribution in [2.75, 3.05) is 0 Å².